The van der Waals surface area contributed by atoms with Crippen LogP contribution in [-0.2, 0) is 4.74 Å². The molecule has 0 fully saturated rings. The predicted molar refractivity (Wildman–Crippen MR) is 105 cm³/mol. The van der Waals surface area contributed by atoms with Crippen molar-refractivity contribution in [3.8, 4) is 0 Å². The van der Waals surface area contributed by atoms with Gasteiger partial charge in [-0.2, -0.15) is 0 Å². The minimum absolute atomic E-state index is 0.226. The van der Waals surface area contributed by atoms with Crippen molar-refractivity contribution in [3.63, 3.8) is 0 Å². The van der Waals surface area contributed by atoms with Crippen LogP contribution in [0.2, 0.25) is 5.02 Å². The smallest absolute Gasteiger partial charge is 0.337 e. The van der Waals surface area contributed by atoms with Crippen molar-refractivity contribution in [2.24, 2.45) is 0 Å². The fourth-order valence-corrected chi connectivity index (χ4v) is 2.57. The lowest BCUT2D eigenvalue weighted by Gasteiger charge is -2.10. The molecule has 0 aliphatic carbocycles. The van der Waals surface area contributed by atoms with Crippen LogP contribution in [0.1, 0.15) is 20.8 Å². The van der Waals surface area contributed by atoms with E-state index in [2.05, 4.69) is 15.6 Å². The van der Waals surface area contributed by atoms with Crippen molar-refractivity contribution in [1.29, 1.82) is 0 Å². The molecule has 2 aromatic carbocycles. The molecule has 0 unspecified atom stereocenters. The normalized spacial score (nSPS) is 10.1. The molecule has 0 aliphatic heterocycles. The minimum atomic E-state index is -0.423. The van der Waals surface area contributed by atoms with Crippen molar-refractivity contribution in [2.45, 2.75) is 0 Å². The number of nitrogens with one attached hydrogen (secondary N) is 2. The van der Waals surface area contributed by atoms with E-state index in [0.717, 1.165) is 0 Å². The van der Waals surface area contributed by atoms with Crippen molar-refractivity contribution >= 4 is 40.5 Å². The molecule has 3 rings (SSSR count). The van der Waals surface area contributed by atoms with Gasteiger partial charge in [0, 0.05) is 17.6 Å². The largest absolute Gasteiger partial charge is 0.465 e. The van der Waals surface area contributed by atoms with Crippen LogP contribution in [0.15, 0.2) is 66.9 Å². The Morgan fingerprint density at radius 3 is 2.56 bits per heavy atom. The lowest BCUT2D eigenvalue weighted by atomic mass is 10.2. The Balaban J connectivity index is 1.77. The molecule has 6 nitrogen and oxygen atoms in total. The Kier molecular flexibility index (Phi) is 5.68. The maximum atomic E-state index is 12.4. The lowest BCUT2D eigenvalue weighted by molar-refractivity contribution is 0.0600. The maximum Gasteiger partial charge on any atom is 0.337 e. The molecule has 136 valence electrons. The van der Waals surface area contributed by atoms with Crippen molar-refractivity contribution in [2.75, 3.05) is 17.7 Å². The number of ether oxygens (including phenoxy) is 1. The third-order valence-electron chi connectivity index (χ3n) is 3.69. The molecule has 0 bridgehead atoms. The number of halogens is 1. The van der Waals surface area contributed by atoms with Crippen molar-refractivity contribution in [1.82, 2.24) is 4.98 Å². The minimum Gasteiger partial charge on any atom is -0.465 e. The molecule has 1 heterocycles. The van der Waals surface area contributed by atoms with Gasteiger partial charge in [0.1, 0.15) is 5.69 Å². The molecule has 0 aliphatic rings. The van der Waals surface area contributed by atoms with Gasteiger partial charge in [0.15, 0.2) is 0 Å². The summed E-state index contributed by atoms with van der Waals surface area (Å²) in [4.78, 5) is 28.2. The summed E-state index contributed by atoms with van der Waals surface area (Å²) in [6.45, 7) is 0. The fraction of sp³-hybridized carbons (Fsp3) is 0.0500. The van der Waals surface area contributed by atoms with Crippen molar-refractivity contribution < 1.29 is 14.3 Å². The van der Waals surface area contributed by atoms with E-state index in [-0.39, 0.29) is 11.6 Å². The summed E-state index contributed by atoms with van der Waals surface area (Å²) in [5, 5.41) is 6.31. The number of para-hydroxylation sites is 1. The third kappa shape index (κ3) is 4.62. The molecule has 0 saturated carbocycles. The average Bonchev–Trinajstić information content (AvgIpc) is 2.69. The first-order valence-corrected chi connectivity index (χ1v) is 8.42. The van der Waals surface area contributed by atoms with Gasteiger partial charge in [-0.15, -0.1) is 0 Å². The Hall–Kier alpha value is -3.38. The summed E-state index contributed by atoms with van der Waals surface area (Å²) in [6, 6.07) is 17.1. The molecular formula is C20H16ClN3O3. The second kappa shape index (κ2) is 8.33. The molecule has 0 saturated heterocycles. The first-order valence-electron chi connectivity index (χ1n) is 8.04. The van der Waals surface area contributed by atoms with Crippen LogP contribution < -0.4 is 10.6 Å². The molecule has 0 spiro atoms. The number of hydrogen-bond donors (Lipinski definition) is 2. The van der Waals surface area contributed by atoms with E-state index in [4.69, 9.17) is 16.3 Å². The summed E-state index contributed by atoms with van der Waals surface area (Å²) < 4.78 is 4.72. The van der Waals surface area contributed by atoms with Gasteiger partial charge >= 0.3 is 5.97 Å². The highest BCUT2D eigenvalue weighted by Gasteiger charge is 2.11. The summed E-state index contributed by atoms with van der Waals surface area (Å²) in [5.41, 5.74) is 2.49. The SMILES string of the molecule is COC(=O)c1cccc(Nc2ccnc(C(=O)Nc3ccccc3Cl)c2)c1. The van der Waals surface area contributed by atoms with Gasteiger partial charge in [0.25, 0.3) is 5.91 Å². The first-order chi connectivity index (χ1) is 13.1. The fourth-order valence-electron chi connectivity index (χ4n) is 2.39. The number of anilines is 3. The first kappa shape index (κ1) is 18.4. The number of carbonyl (C=O) groups is 2. The van der Waals surface area contributed by atoms with Gasteiger partial charge in [-0.1, -0.05) is 29.8 Å². The van der Waals surface area contributed by atoms with Crippen molar-refractivity contribution in [3.05, 3.63) is 83.1 Å². The van der Waals surface area contributed by atoms with Gasteiger partial charge in [0.05, 0.1) is 23.4 Å². The highest BCUT2D eigenvalue weighted by atomic mass is 35.5. The zero-order valence-corrected chi connectivity index (χ0v) is 15.2. The van der Waals surface area contributed by atoms with Crippen LogP contribution in [0, 0.1) is 0 Å². The molecular weight excluding hydrogens is 366 g/mol. The van der Waals surface area contributed by atoms with Gasteiger partial charge < -0.3 is 15.4 Å². The molecule has 1 aromatic heterocycles. The summed E-state index contributed by atoms with van der Waals surface area (Å²) in [7, 11) is 1.33. The number of nitrogens with zero attached hydrogens (tertiary/aromatic N) is 1. The number of aromatic nitrogens is 1. The van der Waals surface area contributed by atoms with Crippen LogP contribution in [0.25, 0.3) is 0 Å². The average molecular weight is 382 g/mol. The van der Waals surface area contributed by atoms with Gasteiger partial charge in [-0.3, -0.25) is 9.78 Å². The zero-order valence-electron chi connectivity index (χ0n) is 14.4. The predicted octanol–water partition coefficient (Wildman–Crippen LogP) is 4.52. The molecule has 2 N–H and O–H groups in total. The van der Waals surface area contributed by atoms with Crippen LogP contribution >= 0.6 is 11.6 Å². The Bertz CT molecular complexity index is 991. The Morgan fingerprint density at radius 2 is 1.78 bits per heavy atom. The number of carbonyl (C=O) groups excluding carboxylic acids is 2. The highest BCUT2D eigenvalue weighted by Crippen LogP contribution is 2.22. The Labute approximate surface area is 161 Å². The van der Waals surface area contributed by atoms with E-state index in [1.54, 1.807) is 60.7 Å². The molecule has 27 heavy (non-hydrogen) atoms. The molecule has 3 aromatic rings. The van der Waals surface area contributed by atoms with Gasteiger partial charge in [-0.05, 0) is 42.5 Å². The van der Waals surface area contributed by atoms with Gasteiger partial charge in [-0.25, -0.2) is 4.79 Å². The van der Waals surface area contributed by atoms with E-state index in [0.29, 0.717) is 27.6 Å². The van der Waals surface area contributed by atoms with E-state index < -0.39 is 5.97 Å². The summed E-state index contributed by atoms with van der Waals surface area (Å²) in [6.07, 6.45) is 1.52. The number of pyridine rings is 1. The number of hydrogen-bond acceptors (Lipinski definition) is 5. The molecule has 7 heteroatoms. The maximum absolute atomic E-state index is 12.4. The number of esters is 1. The second-order valence-corrected chi connectivity index (χ2v) is 5.97. The number of methoxy groups -OCH3 is 1. The van der Waals surface area contributed by atoms with Crippen LogP contribution in [-0.4, -0.2) is 24.0 Å². The third-order valence-corrected chi connectivity index (χ3v) is 4.02. The quantitative estimate of drug-likeness (QED) is 0.635. The van der Waals surface area contributed by atoms with Crippen LogP contribution in [0.5, 0.6) is 0 Å². The zero-order chi connectivity index (χ0) is 19.2. The summed E-state index contributed by atoms with van der Waals surface area (Å²) >= 11 is 6.06. The number of benzene rings is 2. The van der Waals surface area contributed by atoms with E-state index in [9.17, 15) is 9.59 Å². The molecule has 0 radical (unpaired) electrons. The topological polar surface area (TPSA) is 80.3 Å². The van der Waals surface area contributed by atoms with Gasteiger partial charge in [0.2, 0.25) is 0 Å². The highest BCUT2D eigenvalue weighted by molar-refractivity contribution is 6.33. The molecule has 0 atom stereocenters. The van der Waals surface area contributed by atoms with Crippen LogP contribution in [0.4, 0.5) is 17.1 Å². The van der Waals surface area contributed by atoms with E-state index in [1.807, 2.05) is 0 Å². The monoisotopic (exact) mass is 381 g/mol. The van der Waals surface area contributed by atoms with E-state index >= 15 is 0 Å². The number of rotatable bonds is 5. The lowest BCUT2D eigenvalue weighted by Crippen LogP contribution is -2.14. The van der Waals surface area contributed by atoms with Crippen LogP contribution in [0.3, 0.4) is 0 Å². The Morgan fingerprint density at radius 1 is 1.00 bits per heavy atom. The van der Waals surface area contributed by atoms with E-state index in [1.165, 1.54) is 13.3 Å². The molecule has 1 amide bonds. The second-order valence-electron chi connectivity index (χ2n) is 5.56. The summed E-state index contributed by atoms with van der Waals surface area (Å²) in [5.74, 6) is -0.803. The number of amides is 1. The standard InChI is InChI=1S/C20H16ClN3O3/c1-27-20(26)13-5-4-6-14(11-13)23-15-9-10-22-18(12-15)19(25)24-17-8-3-2-7-16(17)21/h2-12H,1H3,(H,22,23)(H,24,25).